The van der Waals surface area contributed by atoms with Crippen molar-refractivity contribution >= 4 is 17.7 Å². The first-order valence-corrected chi connectivity index (χ1v) is 9.94. The number of hydrogen-bond donors (Lipinski definition) is 1. The van der Waals surface area contributed by atoms with Gasteiger partial charge in [-0.25, -0.2) is 0 Å². The predicted molar refractivity (Wildman–Crippen MR) is 99.0 cm³/mol. The minimum Gasteiger partial charge on any atom is -0.365 e. The number of amides is 1. The lowest BCUT2D eigenvalue weighted by Gasteiger charge is -2.54. The van der Waals surface area contributed by atoms with Crippen LogP contribution in [0.3, 0.4) is 0 Å². The van der Waals surface area contributed by atoms with Crippen LogP contribution in [0, 0.1) is 5.92 Å². The first-order chi connectivity index (χ1) is 12.6. The molecule has 2 atom stereocenters. The van der Waals surface area contributed by atoms with E-state index < -0.39 is 5.60 Å². The normalized spacial score (nSPS) is 25.4. The SMILES string of the molecule is COCOC1(Cc2cc(=O)cc[nH]2)C(=O)N(COC)C1CSCC1CC1. The van der Waals surface area contributed by atoms with E-state index in [1.807, 2.05) is 11.8 Å². The number of thioether (sulfide) groups is 1. The summed E-state index contributed by atoms with van der Waals surface area (Å²) in [6, 6.07) is 2.84. The number of aromatic nitrogens is 1. The van der Waals surface area contributed by atoms with Crippen LogP contribution < -0.4 is 5.43 Å². The number of hydrogen-bond acceptors (Lipinski definition) is 6. The maximum atomic E-state index is 13.0. The lowest BCUT2D eigenvalue weighted by molar-refractivity contribution is -0.229. The van der Waals surface area contributed by atoms with Crippen LogP contribution in [0.25, 0.3) is 0 Å². The second kappa shape index (κ2) is 8.56. The van der Waals surface area contributed by atoms with Gasteiger partial charge in [0, 0.05) is 50.4 Å². The molecule has 8 heteroatoms. The fraction of sp³-hybridized carbons (Fsp3) is 0.667. The zero-order valence-corrected chi connectivity index (χ0v) is 16.0. The van der Waals surface area contributed by atoms with Gasteiger partial charge < -0.3 is 24.1 Å². The van der Waals surface area contributed by atoms with Gasteiger partial charge in [0.15, 0.2) is 11.0 Å². The summed E-state index contributed by atoms with van der Waals surface area (Å²) in [5.74, 6) is 2.56. The molecule has 1 aliphatic heterocycles. The van der Waals surface area contributed by atoms with E-state index in [0.29, 0.717) is 12.1 Å². The van der Waals surface area contributed by atoms with Crippen molar-refractivity contribution in [1.82, 2.24) is 9.88 Å². The summed E-state index contributed by atoms with van der Waals surface area (Å²) in [5.41, 5.74) is -0.452. The summed E-state index contributed by atoms with van der Waals surface area (Å²) >= 11 is 1.85. The molecule has 2 unspecified atom stereocenters. The average molecular weight is 382 g/mol. The highest BCUT2D eigenvalue weighted by Gasteiger charge is 2.61. The maximum Gasteiger partial charge on any atom is 0.259 e. The van der Waals surface area contributed by atoms with Crippen molar-refractivity contribution in [3.8, 4) is 0 Å². The molecule has 26 heavy (non-hydrogen) atoms. The van der Waals surface area contributed by atoms with Crippen LogP contribution in [0.2, 0.25) is 0 Å². The van der Waals surface area contributed by atoms with Gasteiger partial charge in [-0.1, -0.05) is 0 Å². The van der Waals surface area contributed by atoms with Gasteiger partial charge in [-0.05, 0) is 24.5 Å². The van der Waals surface area contributed by atoms with Gasteiger partial charge in [0.1, 0.15) is 13.5 Å². The van der Waals surface area contributed by atoms with Crippen molar-refractivity contribution in [3.63, 3.8) is 0 Å². The number of rotatable bonds is 11. The smallest absolute Gasteiger partial charge is 0.259 e. The van der Waals surface area contributed by atoms with Crippen LogP contribution in [-0.2, 0) is 25.4 Å². The van der Waals surface area contributed by atoms with Crippen LogP contribution in [-0.4, -0.2) is 66.7 Å². The Labute approximate surface area is 157 Å². The molecule has 1 aromatic heterocycles. The number of nitrogens with zero attached hydrogens (tertiary/aromatic N) is 1. The molecule has 0 radical (unpaired) electrons. The Morgan fingerprint density at radius 2 is 2.08 bits per heavy atom. The Bertz CT molecular complexity index is 678. The van der Waals surface area contributed by atoms with Crippen LogP contribution in [0.4, 0.5) is 0 Å². The maximum absolute atomic E-state index is 13.0. The Morgan fingerprint density at radius 1 is 1.27 bits per heavy atom. The van der Waals surface area contributed by atoms with Gasteiger partial charge in [0.05, 0.1) is 6.04 Å². The highest BCUT2D eigenvalue weighted by Crippen LogP contribution is 2.40. The van der Waals surface area contributed by atoms with E-state index in [9.17, 15) is 9.59 Å². The molecule has 0 spiro atoms. The van der Waals surface area contributed by atoms with E-state index in [2.05, 4.69) is 4.98 Å². The summed E-state index contributed by atoms with van der Waals surface area (Å²) in [4.78, 5) is 29.4. The van der Waals surface area contributed by atoms with E-state index in [4.69, 9.17) is 14.2 Å². The molecule has 2 aliphatic rings. The van der Waals surface area contributed by atoms with Gasteiger partial charge in [0.2, 0.25) is 0 Å². The largest absolute Gasteiger partial charge is 0.365 e. The highest BCUT2D eigenvalue weighted by molar-refractivity contribution is 7.99. The Hall–Kier alpha value is -1.35. The third kappa shape index (κ3) is 4.14. The molecule has 3 rings (SSSR count). The van der Waals surface area contributed by atoms with Crippen molar-refractivity contribution in [2.45, 2.75) is 30.9 Å². The Morgan fingerprint density at radius 3 is 2.73 bits per heavy atom. The molecule has 0 bridgehead atoms. The lowest BCUT2D eigenvalue weighted by Crippen LogP contribution is -2.77. The van der Waals surface area contributed by atoms with E-state index in [0.717, 1.165) is 17.4 Å². The molecule has 1 aromatic rings. The Balaban J connectivity index is 1.79. The topological polar surface area (TPSA) is 80.9 Å². The summed E-state index contributed by atoms with van der Waals surface area (Å²) in [6.45, 7) is 0.254. The molecule has 7 nitrogen and oxygen atoms in total. The molecule has 1 N–H and O–H groups in total. The number of ether oxygens (including phenoxy) is 3. The van der Waals surface area contributed by atoms with Gasteiger partial charge >= 0.3 is 0 Å². The van der Waals surface area contributed by atoms with Crippen molar-refractivity contribution in [1.29, 1.82) is 0 Å². The number of carbonyl (C=O) groups excluding carboxylic acids is 1. The number of likely N-dealkylation sites (tertiary alicyclic amines) is 1. The highest BCUT2D eigenvalue weighted by atomic mass is 32.2. The molecular weight excluding hydrogens is 356 g/mol. The van der Waals surface area contributed by atoms with E-state index in [1.165, 1.54) is 32.1 Å². The number of pyridine rings is 1. The second-order valence-corrected chi connectivity index (χ2v) is 7.93. The summed E-state index contributed by atoms with van der Waals surface area (Å²) < 4.78 is 16.2. The Kier molecular flexibility index (Phi) is 6.39. The fourth-order valence-electron chi connectivity index (χ4n) is 3.30. The number of aromatic amines is 1. The summed E-state index contributed by atoms with van der Waals surface area (Å²) in [7, 11) is 3.11. The molecule has 1 saturated heterocycles. The third-order valence-corrected chi connectivity index (χ3v) is 6.11. The van der Waals surface area contributed by atoms with Gasteiger partial charge in [-0.15, -0.1) is 0 Å². The van der Waals surface area contributed by atoms with Gasteiger partial charge in [-0.2, -0.15) is 11.8 Å². The van der Waals surface area contributed by atoms with Crippen LogP contribution in [0.1, 0.15) is 18.5 Å². The number of nitrogens with one attached hydrogen (secondary N) is 1. The average Bonchev–Trinajstić information content (AvgIpc) is 3.45. The molecule has 0 aromatic carbocycles. The predicted octanol–water partition coefficient (Wildman–Crippen LogP) is 1.23. The molecule has 1 amide bonds. The minimum atomic E-state index is -1.03. The number of carbonyl (C=O) groups is 1. The van der Waals surface area contributed by atoms with Crippen LogP contribution in [0.5, 0.6) is 0 Å². The molecule has 2 fully saturated rings. The van der Waals surface area contributed by atoms with E-state index >= 15 is 0 Å². The zero-order valence-electron chi connectivity index (χ0n) is 15.2. The molecule has 2 heterocycles. The standard InChI is InChI=1S/C18H26N2O5S/c1-23-11-20-16(10-26-9-13-3-4-13)18(17(20)22,25-12-24-2)8-14-7-15(21)5-6-19-14/h5-7,13,16H,3-4,8-12H2,1-2H3,(H,19,21). The monoisotopic (exact) mass is 382 g/mol. The summed E-state index contributed by atoms with van der Waals surface area (Å²) in [6.07, 6.45) is 4.50. The first-order valence-electron chi connectivity index (χ1n) is 8.79. The molecule has 144 valence electrons. The minimum absolute atomic E-state index is 0.0212. The van der Waals surface area contributed by atoms with Crippen molar-refractivity contribution in [2.75, 3.05) is 39.2 Å². The molecule has 1 saturated carbocycles. The lowest BCUT2D eigenvalue weighted by atomic mass is 9.79. The van der Waals surface area contributed by atoms with E-state index in [1.54, 1.807) is 18.2 Å². The van der Waals surface area contributed by atoms with Crippen LogP contribution >= 0.6 is 11.8 Å². The fourth-order valence-corrected chi connectivity index (χ4v) is 4.77. The van der Waals surface area contributed by atoms with Crippen molar-refractivity contribution < 1.29 is 19.0 Å². The van der Waals surface area contributed by atoms with Gasteiger partial charge in [0.25, 0.3) is 5.91 Å². The quantitative estimate of drug-likeness (QED) is 0.458. The molecular formula is C18H26N2O5S. The van der Waals surface area contributed by atoms with Crippen molar-refractivity contribution in [2.24, 2.45) is 5.92 Å². The first kappa shape index (κ1) is 19.4. The zero-order chi connectivity index (χ0) is 18.6. The van der Waals surface area contributed by atoms with E-state index in [-0.39, 0.29) is 30.9 Å². The number of β-lactam (4-membered cyclic amide) rings is 1. The second-order valence-electron chi connectivity index (χ2n) is 6.86. The van der Waals surface area contributed by atoms with Crippen molar-refractivity contribution in [3.05, 3.63) is 34.2 Å². The number of H-pyrrole nitrogens is 1. The summed E-state index contributed by atoms with van der Waals surface area (Å²) in [5, 5.41) is 0. The molecule has 1 aliphatic carbocycles. The third-order valence-electron chi connectivity index (χ3n) is 4.85. The van der Waals surface area contributed by atoms with Gasteiger partial charge in [-0.3, -0.25) is 9.59 Å². The number of methoxy groups -OCH3 is 2. The van der Waals surface area contributed by atoms with Crippen LogP contribution in [0.15, 0.2) is 23.1 Å².